The van der Waals surface area contributed by atoms with E-state index >= 15 is 0 Å². The second-order valence-electron chi connectivity index (χ2n) is 5.62. The van der Waals surface area contributed by atoms with Crippen molar-refractivity contribution in [2.45, 2.75) is 13.1 Å². The predicted octanol–water partition coefficient (Wildman–Crippen LogP) is 2.70. The number of alkyl halides is 3. The Morgan fingerprint density at radius 1 is 1.38 bits per heavy atom. The van der Waals surface area contributed by atoms with Gasteiger partial charge in [-0.1, -0.05) is 24.4 Å². The first-order valence-corrected chi connectivity index (χ1v) is 8.05. The lowest BCUT2D eigenvalue weighted by atomic mass is 10.0. The number of aromatic nitrogens is 1. The van der Waals surface area contributed by atoms with Gasteiger partial charge in [-0.15, -0.1) is 0 Å². The molecule has 9 heteroatoms. The molecule has 1 aromatic heterocycles. The van der Waals surface area contributed by atoms with Crippen LogP contribution in [-0.4, -0.2) is 52.8 Å². The number of pyridine rings is 1. The van der Waals surface area contributed by atoms with E-state index in [4.69, 9.17) is 22.1 Å². The number of carbonyl (C=O) groups is 1. The number of fused-ring (bicyclic) bond motifs is 1. The van der Waals surface area contributed by atoms with Gasteiger partial charge >= 0.3 is 12.1 Å². The van der Waals surface area contributed by atoms with Gasteiger partial charge < -0.3 is 14.7 Å². The number of halogens is 3. The molecule has 140 valence electrons. The second-order valence-corrected chi connectivity index (χ2v) is 6.00. The third-order valence-electron chi connectivity index (χ3n) is 3.57. The number of aryl methyl sites for hydroxylation is 1. The lowest BCUT2D eigenvalue weighted by molar-refractivity contribution is -0.144. The summed E-state index contributed by atoms with van der Waals surface area (Å²) < 4.78 is 44.6. The first-order chi connectivity index (χ1) is 12.1. The predicted molar refractivity (Wildman–Crippen MR) is 93.9 cm³/mol. The molecule has 0 fully saturated rings. The fourth-order valence-electron chi connectivity index (χ4n) is 2.46. The Morgan fingerprint density at radius 2 is 2.08 bits per heavy atom. The molecule has 1 N–H and O–H groups in total. The molecular formula is C17H17F3N2O3S. The van der Waals surface area contributed by atoms with Crippen LogP contribution in [0.2, 0.25) is 0 Å². The Hall–Kier alpha value is -2.26. The van der Waals surface area contributed by atoms with Crippen LogP contribution in [0.4, 0.5) is 13.2 Å². The molecule has 0 unspecified atom stereocenters. The lowest BCUT2D eigenvalue weighted by Gasteiger charge is -2.21. The number of thiocarbonyl (C=S) groups is 1. The fourth-order valence-corrected chi connectivity index (χ4v) is 2.69. The van der Waals surface area contributed by atoms with Crippen LogP contribution in [0, 0.1) is 6.92 Å². The summed E-state index contributed by atoms with van der Waals surface area (Å²) >= 11 is 5.36. The molecule has 0 saturated heterocycles. The van der Waals surface area contributed by atoms with E-state index in [0.29, 0.717) is 11.3 Å². The van der Waals surface area contributed by atoms with E-state index in [2.05, 4.69) is 4.98 Å². The number of likely N-dealkylation sites (N-methyl/N-ethyl adjacent to an activating group) is 1. The van der Waals surface area contributed by atoms with Gasteiger partial charge in [-0.3, -0.25) is 9.78 Å². The maximum Gasteiger partial charge on any atom is 0.418 e. The standard InChI is InChI=1S/C17H17F3N2O3S/c1-10-8-12(16(26)22(2)9-14(24)25-7-6-23)11-4-3-5-13(15(11)21-10)17(18,19)20/h3-5,8,23H,6-7,9H2,1-2H3. The molecule has 2 rings (SSSR count). The van der Waals surface area contributed by atoms with Gasteiger partial charge in [0.2, 0.25) is 0 Å². The summed E-state index contributed by atoms with van der Waals surface area (Å²) in [4.78, 5) is 17.3. The Balaban J connectivity index is 2.43. The van der Waals surface area contributed by atoms with Gasteiger partial charge in [0.15, 0.2) is 0 Å². The maximum absolute atomic E-state index is 13.3. The highest BCUT2D eigenvalue weighted by atomic mass is 32.1. The number of rotatable bonds is 5. The average molecular weight is 386 g/mol. The summed E-state index contributed by atoms with van der Waals surface area (Å²) in [6.07, 6.45) is -4.54. The molecule has 26 heavy (non-hydrogen) atoms. The highest BCUT2D eigenvalue weighted by molar-refractivity contribution is 7.80. The zero-order chi connectivity index (χ0) is 19.5. The number of carbonyl (C=O) groups excluding carboxylic acids is 1. The summed E-state index contributed by atoms with van der Waals surface area (Å²) in [5.41, 5.74) is -0.268. The van der Waals surface area contributed by atoms with E-state index in [1.54, 1.807) is 13.0 Å². The van der Waals surface area contributed by atoms with Crippen LogP contribution in [0.1, 0.15) is 16.8 Å². The SMILES string of the molecule is Cc1cc(C(=S)N(C)CC(=O)OCCO)c2cccc(C(F)(F)F)c2n1. The second kappa shape index (κ2) is 7.96. The van der Waals surface area contributed by atoms with E-state index in [0.717, 1.165) is 6.07 Å². The number of hydrogen-bond donors (Lipinski definition) is 1. The minimum absolute atomic E-state index is 0.133. The smallest absolute Gasteiger partial charge is 0.418 e. The molecule has 1 aromatic carbocycles. The van der Waals surface area contributed by atoms with Crippen molar-refractivity contribution in [3.8, 4) is 0 Å². The van der Waals surface area contributed by atoms with Gasteiger partial charge in [0.25, 0.3) is 0 Å². The maximum atomic E-state index is 13.3. The van der Waals surface area contributed by atoms with E-state index in [-0.39, 0.29) is 35.6 Å². The van der Waals surface area contributed by atoms with Crippen LogP contribution in [0.3, 0.4) is 0 Å². The Labute approximate surface area is 153 Å². The zero-order valence-corrected chi connectivity index (χ0v) is 14.9. The lowest BCUT2D eigenvalue weighted by Crippen LogP contribution is -2.33. The van der Waals surface area contributed by atoms with Crippen molar-refractivity contribution >= 4 is 34.1 Å². The quantitative estimate of drug-likeness (QED) is 0.630. The molecule has 5 nitrogen and oxygen atoms in total. The van der Waals surface area contributed by atoms with Crippen molar-refractivity contribution in [3.63, 3.8) is 0 Å². The molecule has 0 aliphatic carbocycles. The Bertz CT molecular complexity index is 840. The van der Waals surface area contributed by atoms with Crippen LogP contribution in [0.5, 0.6) is 0 Å². The van der Waals surface area contributed by atoms with Crippen LogP contribution in [-0.2, 0) is 15.7 Å². The highest BCUT2D eigenvalue weighted by Gasteiger charge is 2.33. The molecule has 2 aromatic rings. The van der Waals surface area contributed by atoms with Gasteiger partial charge in [0, 0.05) is 23.7 Å². The topological polar surface area (TPSA) is 62.7 Å². The number of nitrogens with zero attached hydrogens (tertiary/aromatic N) is 2. The molecule has 0 amide bonds. The fraction of sp³-hybridized carbons (Fsp3) is 0.353. The number of aliphatic hydroxyl groups excluding tert-OH is 1. The first kappa shape index (κ1) is 20.1. The molecule has 0 bridgehead atoms. The van der Waals surface area contributed by atoms with Gasteiger partial charge in [0.1, 0.15) is 18.1 Å². The summed E-state index contributed by atoms with van der Waals surface area (Å²) in [5, 5.41) is 8.92. The van der Waals surface area contributed by atoms with E-state index < -0.39 is 17.7 Å². The normalized spacial score (nSPS) is 11.5. The van der Waals surface area contributed by atoms with E-state index in [1.165, 1.54) is 24.1 Å². The number of aliphatic hydroxyl groups is 1. The largest absolute Gasteiger partial charge is 0.462 e. The van der Waals surface area contributed by atoms with Crippen LogP contribution >= 0.6 is 12.2 Å². The Kier molecular flexibility index (Phi) is 6.14. The molecule has 0 spiro atoms. The van der Waals surface area contributed by atoms with Crippen molar-refractivity contribution in [1.82, 2.24) is 9.88 Å². The summed E-state index contributed by atoms with van der Waals surface area (Å²) in [6.45, 7) is 0.953. The average Bonchev–Trinajstić information content (AvgIpc) is 2.57. The van der Waals surface area contributed by atoms with Crippen LogP contribution in [0.15, 0.2) is 24.3 Å². The molecule has 0 saturated carbocycles. The Morgan fingerprint density at radius 3 is 2.69 bits per heavy atom. The number of esters is 1. The number of benzene rings is 1. The van der Waals surface area contributed by atoms with Crippen LogP contribution in [0.25, 0.3) is 10.9 Å². The summed E-state index contributed by atoms with van der Waals surface area (Å²) in [7, 11) is 1.54. The van der Waals surface area contributed by atoms with Gasteiger partial charge in [-0.2, -0.15) is 13.2 Å². The van der Waals surface area contributed by atoms with Crippen molar-refractivity contribution < 1.29 is 27.8 Å². The molecular weight excluding hydrogens is 369 g/mol. The van der Waals surface area contributed by atoms with Crippen molar-refractivity contribution in [2.24, 2.45) is 0 Å². The number of hydrogen-bond acceptors (Lipinski definition) is 5. The molecule has 0 radical (unpaired) electrons. The zero-order valence-electron chi connectivity index (χ0n) is 14.1. The minimum Gasteiger partial charge on any atom is -0.462 e. The van der Waals surface area contributed by atoms with Crippen molar-refractivity contribution in [1.29, 1.82) is 0 Å². The number of para-hydroxylation sites is 1. The number of ether oxygens (including phenoxy) is 1. The van der Waals surface area contributed by atoms with Gasteiger partial charge in [-0.25, -0.2) is 0 Å². The van der Waals surface area contributed by atoms with E-state index in [9.17, 15) is 18.0 Å². The van der Waals surface area contributed by atoms with Crippen molar-refractivity contribution in [2.75, 3.05) is 26.8 Å². The first-order valence-electron chi connectivity index (χ1n) is 7.64. The third-order valence-corrected chi connectivity index (χ3v) is 4.10. The molecule has 1 heterocycles. The van der Waals surface area contributed by atoms with Crippen LogP contribution < -0.4 is 0 Å². The summed E-state index contributed by atoms with van der Waals surface area (Å²) in [6, 6.07) is 5.36. The molecule has 0 atom stereocenters. The van der Waals surface area contributed by atoms with E-state index in [1.807, 2.05) is 0 Å². The minimum atomic E-state index is -4.54. The van der Waals surface area contributed by atoms with Gasteiger partial charge in [-0.05, 0) is 19.1 Å². The monoisotopic (exact) mass is 386 g/mol. The highest BCUT2D eigenvalue weighted by Crippen LogP contribution is 2.35. The third kappa shape index (κ3) is 4.47. The summed E-state index contributed by atoms with van der Waals surface area (Å²) in [5.74, 6) is -0.602. The molecule has 0 aliphatic heterocycles. The van der Waals surface area contributed by atoms with Gasteiger partial charge in [0.05, 0.1) is 17.7 Å². The molecule has 0 aliphatic rings. The van der Waals surface area contributed by atoms with Crippen molar-refractivity contribution in [3.05, 3.63) is 41.1 Å².